The number of nitrogens with one attached hydrogen (secondary N) is 1. The number of rotatable bonds is 6. The number of aliphatic hydroxyl groups is 1. The zero-order chi connectivity index (χ0) is 27.7. The minimum atomic E-state index is -0.999. The fourth-order valence-corrected chi connectivity index (χ4v) is 4.91. The number of nitrogens with zero attached hydrogens (tertiary/aromatic N) is 6. The second-order valence-corrected chi connectivity index (χ2v) is 9.36. The van der Waals surface area contributed by atoms with Crippen LogP contribution >= 0.6 is 0 Å². The number of pyridine rings is 2. The minimum Gasteiger partial charge on any atom is -0.390 e. The van der Waals surface area contributed by atoms with E-state index < -0.39 is 34.6 Å². The van der Waals surface area contributed by atoms with Gasteiger partial charge >= 0.3 is 0 Å². The third kappa shape index (κ3) is 5.18. The van der Waals surface area contributed by atoms with Crippen LogP contribution in [0.5, 0.6) is 0 Å². The molecule has 202 valence electrons. The Kier molecular flexibility index (Phi) is 7.26. The Bertz CT molecular complexity index is 1480. The maximum absolute atomic E-state index is 14.5. The van der Waals surface area contributed by atoms with Crippen molar-refractivity contribution in [3.63, 3.8) is 0 Å². The van der Waals surface area contributed by atoms with Crippen molar-refractivity contribution in [3.05, 3.63) is 83.8 Å². The standard InChI is InChI=1S/C26H25F3N8O2/c1-14-10-36(12-19(30)25(14)37-11-15(13-38)34-35-37)22-7-8-31-9-21(22)33-26(39)20-6-5-18(29)24(32-20)23-16(27)3-2-4-17(23)28/h2-9,11,14,19,25,38H,10,12-13,30H2,1H3,(H,33,39). The second-order valence-electron chi connectivity index (χ2n) is 9.36. The van der Waals surface area contributed by atoms with Crippen LogP contribution in [0.4, 0.5) is 24.5 Å². The Labute approximate surface area is 221 Å². The summed E-state index contributed by atoms with van der Waals surface area (Å²) in [5, 5.41) is 20.1. The number of carbonyl (C=O) groups excluding carboxylic acids is 1. The molecular formula is C26H25F3N8O2. The van der Waals surface area contributed by atoms with E-state index in [9.17, 15) is 23.1 Å². The summed E-state index contributed by atoms with van der Waals surface area (Å²) in [5.74, 6) is -3.66. The van der Waals surface area contributed by atoms with Gasteiger partial charge in [-0.3, -0.25) is 9.78 Å². The number of aromatic nitrogens is 5. The monoisotopic (exact) mass is 538 g/mol. The normalized spacial score (nSPS) is 19.2. The number of halogens is 3. The van der Waals surface area contributed by atoms with Gasteiger partial charge in [0.25, 0.3) is 5.91 Å². The molecule has 4 N–H and O–H groups in total. The second kappa shape index (κ2) is 10.8. The third-order valence-corrected chi connectivity index (χ3v) is 6.65. The van der Waals surface area contributed by atoms with E-state index >= 15 is 0 Å². The van der Waals surface area contributed by atoms with E-state index in [4.69, 9.17) is 5.73 Å². The number of hydrogen-bond acceptors (Lipinski definition) is 8. The first-order valence-electron chi connectivity index (χ1n) is 12.1. The summed E-state index contributed by atoms with van der Waals surface area (Å²) in [4.78, 5) is 23.2. The van der Waals surface area contributed by atoms with Crippen molar-refractivity contribution < 1.29 is 23.1 Å². The van der Waals surface area contributed by atoms with E-state index in [0.29, 0.717) is 30.2 Å². The molecule has 39 heavy (non-hydrogen) atoms. The van der Waals surface area contributed by atoms with Crippen molar-refractivity contribution in [1.82, 2.24) is 25.0 Å². The number of amides is 1. The molecule has 1 amide bonds. The molecule has 0 saturated carbocycles. The molecule has 1 fully saturated rings. The molecule has 3 aromatic heterocycles. The lowest BCUT2D eigenvalue weighted by Gasteiger charge is -2.42. The molecule has 0 bridgehead atoms. The highest BCUT2D eigenvalue weighted by atomic mass is 19.1. The number of carbonyl (C=O) groups is 1. The van der Waals surface area contributed by atoms with Crippen LogP contribution in [0, 0.1) is 23.4 Å². The summed E-state index contributed by atoms with van der Waals surface area (Å²) in [6, 6.07) is 6.41. The van der Waals surface area contributed by atoms with Gasteiger partial charge in [-0.1, -0.05) is 18.2 Å². The number of nitrogens with two attached hydrogens (primary N) is 1. The molecule has 1 saturated heterocycles. The molecular weight excluding hydrogens is 513 g/mol. The summed E-state index contributed by atoms with van der Waals surface area (Å²) in [7, 11) is 0. The largest absolute Gasteiger partial charge is 0.390 e. The lowest BCUT2D eigenvalue weighted by atomic mass is 9.90. The molecule has 1 aromatic carbocycles. The van der Waals surface area contributed by atoms with Gasteiger partial charge in [-0.2, -0.15) is 0 Å². The summed E-state index contributed by atoms with van der Waals surface area (Å²) >= 11 is 0. The highest BCUT2D eigenvalue weighted by molar-refractivity contribution is 6.04. The first kappa shape index (κ1) is 26.3. The Morgan fingerprint density at radius 2 is 1.90 bits per heavy atom. The molecule has 1 aliphatic heterocycles. The van der Waals surface area contributed by atoms with Gasteiger partial charge in [-0.15, -0.1) is 5.10 Å². The maximum atomic E-state index is 14.5. The molecule has 5 rings (SSSR count). The van der Waals surface area contributed by atoms with Gasteiger partial charge in [0.1, 0.15) is 34.5 Å². The number of anilines is 2. The predicted octanol–water partition coefficient (Wildman–Crippen LogP) is 2.92. The van der Waals surface area contributed by atoms with E-state index in [-0.39, 0.29) is 30.3 Å². The molecule has 0 aliphatic carbocycles. The molecule has 13 heteroatoms. The first-order valence-corrected chi connectivity index (χ1v) is 12.1. The zero-order valence-corrected chi connectivity index (χ0v) is 20.8. The van der Waals surface area contributed by atoms with Crippen LogP contribution in [0.2, 0.25) is 0 Å². The lowest BCUT2D eigenvalue weighted by Crippen LogP contribution is -2.53. The predicted molar refractivity (Wildman–Crippen MR) is 136 cm³/mol. The molecule has 3 atom stereocenters. The quantitative estimate of drug-likeness (QED) is 0.341. The lowest BCUT2D eigenvalue weighted by molar-refractivity contribution is 0.102. The van der Waals surface area contributed by atoms with Crippen LogP contribution in [0.25, 0.3) is 11.3 Å². The summed E-state index contributed by atoms with van der Waals surface area (Å²) in [5.41, 5.74) is 6.48. The summed E-state index contributed by atoms with van der Waals surface area (Å²) < 4.78 is 44.7. The van der Waals surface area contributed by atoms with Gasteiger partial charge in [-0.25, -0.2) is 22.8 Å². The van der Waals surface area contributed by atoms with Crippen LogP contribution in [0.15, 0.2) is 55.0 Å². The van der Waals surface area contributed by atoms with Crippen molar-refractivity contribution in [1.29, 1.82) is 0 Å². The van der Waals surface area contributed by atoms with Crippen LogP contribution in [-0.2, 0) is 6.61 Å². The molecule has 0 radical (unpaired) electrons. The van der Waals surface area contributed by atoms with E-state index in [1.165, 1.54) is 6.20 Å². The van der Waals surface area contributed by atoms with Crippen molar-refractivity contribution in [2.75, 3.05) is 23.3 Å². The topological polar surface area (TPSA) is 135 Å². The Morgan fingerprint density at radius 1 is 1.13 bits per heavy atom. The van der Waals surface area contributed by atoms with Crippen LogP contribution in [-0.4, -0.2) is 55.1 Å². The van der Waals surface area contributed by atoms with Crippen LogP contribution in [0.3, 0.4) is 0 Å². The average molecular weight is 539 g/mol. The minimum absolute atomic E-state index is 0.0238. The average Bonchev–Trinajstić information content (AvgIpc) is 3.38. The van der Waals surface area contributed by atoms with Crippen LogP contribution in [0.1, 0.15) is 29.1 Å². The van der Waals surface area contributed by atoms with E-state index in [2.05, 4.69) is 25.6 Å². The summed E-state index contributed by atoms with van der Waals surface area (Å²) in [6.45, 7) is 2.78. The molecule has 10 nitrogen and oxygen atoms in total. The first-order chi connectivity index (χ1) is 18.8. The Hall–Kier alpha value is -4.36. The Balaban J connectivity index is 1.38. The number of benzene rings is 1. The van der Waals surface area contributed by atoms with Gasteiger partial charge in [0.2, 0.25) is 0 Å². The fourth-order valence-electron chi connectivity index (χ4n) is 4.91. The SMILES string of the molecule is CC1CN(c2ccncc2NC(=O)c2ccc(F)c(-c3c(F)cccc3F)n2)CC(N)C1n1cc(CO)nn1. The molecule has 0 spiro atoms. The maximum Gasteiger partial charge on any atom is 0.274 e. The number of hydrogen-bond donors (Lipinski definition) is 3. The molecule has 3 unspecified atom stereocenters. The number of piperidine rings is 1. The summed E-state index contributed by atoms with van der Waals surface area (Å²) in [6.07, 6.45) is 4.71. The van der Waals surface area contributed by atoms with Gasteiger partial charge < -0.3 is 21.1 Å². The van der Waals surface area contributed by atoms with Gasteiger partial charge in [0.15, 0.2) is 0 Å². The van der Waals surface area contributed by atoms with Crippen molar-refractivity contribution in [2.45, 2.75) is 25.6 Å². The Morgan fingerprint density at radius 3 is 2.59 bits per heavy atom. The van der Waals surface area contributed by atoms with Crippen molar-refractivity contribution in [3.8, 4) is 11.3 Å². The third-order valence-electron chi connectivity index (χ3n) is 6.65. The van der Waals surface area contributed by atoms with Gasteiger partial charge in [0.05, 0.1) is 42.0 Å². The van der Waals surface area contributed by atoms with Gasteiger partial charge in [0, 0.05) is 25.3 Å². The van der Waals surface area contributed by atoms with E-state index in [1.54, 1.807) is 23.1 Å². The smallest absolute Gasteiger partial charge is 0.274 e. The zero-order valence-electron chi connectivity index (χ0n) is 20.8. The molecule has 4 heterocycles. The molecule has 1 aliphatic rings. The van der Waals surface area contributed by atoms with Gasteiger partial charge in [-0.05, 0) is 36.2 Å². The number of aliphatic hydroxyl groups excluding tert-OH is 1. The van der Waals surface area contributed by atoms with E-state index in [0.717, 1.165) is 30.3 Å². The van der Waals surface area contributed by atoms with Crippen molar-refractivity contribution >= 4 is 17.3 Å². The van der Waals surface area contributed by atoms with E-state index in [1.807, 2.05) is 11.8 Å². The molecule has 4 aromatic rings. The highest BCUT2D eigenvalue weighted by Crippen LogP contribution is 2.34. The fraction of sp³-hybridized carbons (Fsp3) is 0.269. The highest BCUT2D eigenvalue weighted by Gasteiger charge is 2.35. The van der Waals surface area contributed by atoms with Crippen molar-refractivity contribution in [2.24, 2.45) is 11.7 Å². The van der Waals surface area contributed by atoms with Crippen LogP contribution < -0.4 is 16.0 Å².